The van der Waals surface area contributed by atoms with Crippen LogP contribution in [-0.4, -0.2) is 30.6 Å². The average Bonchev–Trinajstić information content (AvgIpc) is 3.11. The standard InChI is InChI=1S/C21H22N2O3S/c24-20(6-3-7-21-23-16-4-1-2-5-19(16)27-21)22-11-10-15-8-9-17-18(14-15)26-13-12-25-17/h1-2,4-5,8-9,14H,3,6-7,10-13H2,(H,22,24). The van der Waals surface area contributed by atoms with Crippen molar-refractivity contribution in [2.75, 3.05) is 19.8 Å². The molecule has 0 saturated heterocycles. The normalized spacial score (nSPS) is 12.9. The maximum absolute atomic E-state index is 12.1. The number of carbonyl (C=O) groups is 1. The predicted octanol–water partition coefficient (Wildman–Crippen LogP) is 3.75. The topological polar surface area (TPSA) is 60.5 Å². The van der Waals surface area contributed by atoms with Gasteiger partial charge in [-0.05, 0) is 49.1 Å². The summed E-state index contributed by atoms with van der Waals surface area (Å²) in [7, 11) is 0. The largest absolute Gasteiger partial charge is 0.486 e. The molecule has 3 aromatic rings. The van der Waals surface area contributed by atoms with Crippen LogP contribution in [0.2, 0.25) is 0 Å². The number of amides is 1. The fourth-order valence-corrected chi connectivity index (χ4v) is 4.11. The van der Waals surface area contributed by atoms with Crippen molar-refractivity contribution in [3.05, 3.63) is 53.0 Å². The Labute approximate surface area is 162 Å². The number of thiazole rings is 1. The summed E-state index contributed by atoms with van der Waals surface area (Å²) in [5.74, 6) is 1.68. The molecule has 27 heavy (non-hydrogen) atoms. The SMILES string of the molecule is O=C(CCCc1nc2ccccc2s1)NCCc1ccc2c(c1)OCCO2. The summed E-state index contributed by atoms with van der Waals surface area (Å²) in [5, 5.41) is 4.09. The van der Waals surface area contributed by atoms with E-state index in [1.165, 1.54) is 4.70 Å². The van der Waals surface area contributed by atoms with Crippen LogP contribution in [0.4, 0.5) is 0 Å². The molecule has 0 aliphatic carbocycles. The van der Waals surface area contributed by atoms with Crippen LogP contribution in [0.25, 0.3) is 10.2 Å². The van der Waals surface area contributed by atoms with Crippen LogP contribution in [0.15, 0.2) is 42.5 Å². The van der Waals surface area contributed by atoms with Crippen molar-refractivity contribution < 1.29 is 14.3 Å². The van der Waals surface area contributed by atoms with Gasteiger partial charge in [-0.1, -0.05) is 18.2 Å². The lowest BCUT2D eigenvalue weighted by molar-refractivity contribution is -0.121. The van der Waals surface area contributed by atoms with Crippen LogP contribution in [0.3, 0.4) is 0 Å². The van der Waals surface area contributed by atoms with Gasteiger partial charge in [0.25, 0.3) is 0 Å². The van der Waals surface area contributed by atoms with Gasteiger partial charge in [0, 0.05) is 13.0 Å². The molecule has 4 rings (SSSR count). The highest BCUT2D eigenvalue weighted by atomic mass is 32.1. The number of carbonyl (C=O) groups excluding carboxylic acids is 1. The van der Waals surface area contributed by atoms with E-state index in [4.69, 9.17) is 9.47 Å². The molecule has 1 amide bonds. The van der Waals surface area contributed by atoms with Gasteiger partial charge >= 0.3 is 0 Å². The van der Waals surface area contributed by atoms with Crippen LogP contribution in [-0.2, 0) is 17.6 Å². The molecular formula is C21H22N2O3S. The molecular weight excluding hydrogens is 360 g/mol. The maximum Gasteiger partial charge on any atom is 0.220 e. The first-order chi connectivity index (χ1) is 13.3. The molecule has 5 nitrogen and oxygen atoms in total. The molecule has 2 aromatic carbocycles. The van der Waals surface area contributed by atoms with Crippen molar-refractivity contribution in [2.45, 2.75) is 25.7 Å². The Bertz CT molecular complexity index is 905. The van der Waals surface area contributed by atoms with Crippen molar-refractivity contribution >= 4 is 27.5 Å². The molecule has 1 aromatic heterocycles. The minimum absolute atomic E-state index is 0.0913. The van der Waals surface area contributed by atoms with Gasteiger partial charge in [-0.25, -0.2) is 4.98 Å². The third-order valence-corrected chi connectivity index (χ3v) is 5.57. The summed E-state index contributed by atoms with van der Waals surface area (Å²) in [5.41, 5.74) is 2.18. The van der Waals surface area contributed by atoms with E-state index in [0.29, 0.717) is 26.2 Å². The maximum atomic E-state index is 12.1. The van der Waals surface area contributed by atoms with Crippen LogP contribution >= 0.6 is 11.3 Å². The Hall–Kier alpha value is -2.60. The Morgan fingerprint density at radius 3 is 2.81 bits per heavy atom. The number of ether oxygens (including phenoxy) is 2. The monoisotopic (exact) mass is 382 g/mol. The van der Waals surface area contributed by atoms with Gasteiger partial charge in [-0.15, -0.1) is 11.3 Å². The molecule has 140 valence electrons. The van der Waals surface area contributed by atoms with Crippen molar-refractivity contribution in [1.29, 1.82) is 0 Å². The van der Waals surface area contributed by atoms with Crippen LogP contribution in [0.5, 0.6) is 11.5 Å². The number of fused-ring (bicyclic) bond motifs is 2. The first-order valence-electron chi connectivity index (χ1n) is 9.27. The number of aromatic nitrogens is 1. The molecule has 6 heteroatoms. The zero-order chi connectivity index (χ0) is 18.5. The molecule has 1 N–H and O–H groups in total. The number of rotatable bonds is 7. The summed E-state index contributed by atoms with van der Waals surface area (Å²) in [6.45, 7) is 1.81. The lowest BCUT2D eigenvalue weighted by atomic mass is 10.1. The highest BCUT2D eigenvalue weighted by molar-refractivity contribution is 7.18. The fourth-order valence-electron chi connectivity index (χ4n) is 3.10. The lowest BCUT2D eigenvalue weighted by Gasteiger charge is -2.18. The van der Waals surface area contributed by atoms with E-state index < -0.39 is 0 Å². The quantitative estimate of drug-likeness (QED) is 0.676. The minimum atomic E-state index is 0.0913. The molecule has 0 saturated carbocycles. The van der Waals surface area contributed by atoms with Crippen molar-refractivity contribution in [3.63, 3.8) is 0 Å². The predicted molar refractivity (Wildman–Crippen MR) is 107 cm³/mol. The zero-order valence-electron chi connectivity index (χ0n) is 15.1. The van der Waals surface area contributed by atoms with E-state index in [0.717, 1.165) is 46.8 Å². The van der Waals surface area contributed by atoms with E-state index in [1.807, 2.05) is 36.4 Å². The van der Waals surface area contributed by atoms with Gasteiger partial charge in [0.1, 0.15) is 13.2 Å². The van der Waals surface area contributed by atoms with E-state index in [1.54, 1.807) is 11.3 Å². The summed E-state index contributed by atoms with van der Waals surface area (Å²) in [6, 6.07) is 14.1. The van der Waals surface area contributed by atoms with Gasteiger partial charge < -0.3 is 14.8 Å². The number of nitrogens with one attached hydrogen (secondary N) is 1. The first-order valence-corrected chi connectivity index (χ1v) is 10.1. The Morgan fingerprint density at radius 2 is 1.93 bits per heavy atom. The highest BCUT2D eigenvalue weighted by Gasteiger charge is 2.11. The van der Waals surface area contributed by atoms with E-state index in [9.17, 15) is 4.79 Å². The molecule has 0 fully saturated rings. The fraction of sp³-hybridized carbons (Fsp3) is 0.333. The number of hydrogen-bond donors (Lipinski definition) is 1. The number of benzene rings is 2. The second-order valence-corrected chi connectivity index (χ2v) is 7.62. The molecule has 0 radical (unpaired) electrons. The van der Waals surface area contributed by atoms with Gasteiger partial charge in [0.2, 0.25) is 5.91 Å². The van der Waals surface area contributed by atoms with Crippen LogP contribution in [0.1, 0.15) is 23.4 Å². The summed E-state index contributed by atoms with van der Waals surface area (Å²) >= 11 is 1.71. The summed E-state index contributed by atoms with van der Waals surface area (Å²) in [6.07, 6.45) is 2.96. The number of nitrogens with zero attached hydrogens (tertiary/aromatic N) is 1. The Kier molecular flexibility index (Phi) is 5.53. The Balaban J connectivity index is 1.18. The third kappa shape index (κ3) is 4.57. The van der Waals surface area contributed by atoms with Gasteiger partial charge in [0.05, 0.1) is 15.2 Å². The minimum Gasteiger partial charge on any atom is -0.486 e. The van der Waals surface area contributed by atoms with Crippen molar-refractivity contribution in [2.24, 2.45) is 0 Å². The van der Waals surface area contributed by atoms with Crippen LogP contribution in [0, 0.1) is 0 Å². The first kappa shape index (κ1) is 17.8. The molecule has 0 unspecified atom stereocenters. The molecule has 0 bridgehead atoms. The molecule has 2 heterocycles. The van der Waals surface area contributed by atoms with E-state index in [2.05, 4.69) is 16.4 Å². The number of aryl methyl sites for hydroxylation is 1. The average molecular weight is 382 g/mol. The smallest absolute Gasteiger partial charge is 0.220 e. The second-order valence-electron chi connectivity index (χ2n) is 6.51. The van der Waals surface area contributed by atoms with Gasteiger partial charge in [-0.2, -0.15) is 0 Å². The Morgan fingerprint density at radius 1 is 1.07 bits per heavy atom. The summed E-state index contributed by atoms with van der Waals surface area (Å²) < 4.78 is 12.3. The van der Waals surface area contributed by atoms with Crippen molar-refractivity contribution in [1.82, 2.24) is 10.3 Å². The third-order valence-electron chi connectivity index (χ3n) is 4.48. The number of para-hydroxylation sites is 1. The summed E-state index contributed by atoms with van der Waals surface area (Å²) in [4.78, 5) is 16.7. The second kappa shape index (κ2) is 8.39. The molecule has 1 aliphatic heterocycles. The van der Waals surface area contributed by atoms with Gasteiger partial charge in [-0.3, -0.25) is 4.79 Å². The van der Waals surface area contributed by atoms with E-state index in [-0.39, 0.29) is 5.91 Å². The zero-order valence-corrected chi connectivity index (χ0v) is 15.9. The molecule has 0 spiro atoms. The number of hydrogen-bond acceptors (Lipinski definition) is 5. The van der Waals surface area contributed by atoms with Gasteiger partial charge in [0.15, 0.2) is 11.5 Å². The molecule has 1 aliphatic rings. The van der Waals surface area contributed by atoms with Crippen LogP contribution < -0.4 is 14.8 Å². The molecule has 0 atom stereocenters. The highest BCUT2D eigenvalue weighted by Crippen LogP contribution is 2.30. The van der Waals surface area contributed by atoms with Crippen molar-refractivity contribution in [3.8, 4) is 11.5 Å². The lowest BCUT2D eigenvalue weighted by Crippen LogP contribution is -2.25. The van der Waals surface area contributed by atoms with E-state index >= 15 is 0 Å².